The van der Waals surface area contributed by atoms with Gasteiger partial charge in [0.05, 0.1) is 7.11 Å². The minimum Gasteiger partial charge on any atom is -0.466 e. The van der Waals surface area contributed by atoms with Crippen LogP contribution >= 0.6 is 11.6 Å². The maximum Gasteiger partial charge on any atom is 0.332 e. The zero-order valence-corrected chi connectivity index (χ0v) is 8.15. The van der Waals surface area contributed by atoms with Crippen molar-refractivity contribution in [1.82, 2.24) is 5.32 Å². The normalized spacial score (nSPS) is 11.1. The molecule has 0 saturated carbocycles. The Morgan fingerprint density at radius 2 is 2.33 bits per heavy atom. The summed E-state index contributed by atoms with van der Waals surface area (Å²) >= 11 is 5.47. The molecule has 0 aromatic carbocycles. The fourth-order valence-corrected chi connectivity index (χ4v) is 0.773. The van der Waals surface area contributed by atoms with Crippen LogP contribution in [-0.2, 0) is 9.53 Å². The molecule has 1 N–H and O–H groups in total. The number of carbonyl (C=O) groups excluding carboxylic acids is 1. The van der Waals surface area contributed by atoms with Crippen LogP contribution in [0.3, 0.4) is 0 Å². The topological polar surface area (TPSA) is 38.3 Å². The number of alkyl halides is 1. The molecule has 0 fully saturated rings. The lowest BCUT2D eigenvalue weighted by atomic mass is 10.4. The fraction of sp³-hybridized carbons (Fsp3) is 0.625. The molecule has 0 aliphatic rings. The molecular formula is C8H14ClNO2. The molecule has 0 aromatic heterocycles. The summed E-state index contributed by atoms with van der Waals surface area (Å²) in [6, 6.07) is 0. The second-order valence-electron chi connectivity index (χ2n) is 2.32. The number of nitrogens with one attached hydrogen (secondary N) is 1. The Bertz CT molecular complexity index is 168. The number of allylic oxidation sites excluding steroid dienone is 1. The Morgan fingerprint density at radius 3 is 2.83 bits per heavy atom. The molecular weight excluding hydrogens is 178 g/mol. The van der Waals surface area contributed by atoms with Gasteiger partial charge >= 0.3 is 5.97 Å². The van der Waals surface area contributed by atoms with E-state index in [1.54, 1.807) is 0 Å². The number of hydrogen-bond donors (Lipinski definition) is 1. The van der Waals surface area contributed by atoms with Crippen molar-refractivity contribution in [2.24, 2.45) is 0 Å². The number of rotatable bonds is 5. The van der Waals surface area contributed by atoms with Gasteiger partial charge in [-0.1, -0.05) is 0 Å². The molecule has 0 amide bonds. The number of halogens is 1. The monoisotopic (exact) mass is 191 g/mol. The minimum atomic E-state index is -0.342. The van der Waals surface area contributed by atoms with Crippen LogP contribution in [0, 0.1) is 0 Å². The predicted octanol–water partition coefficient (Wildman–Crippen LogP) is 1.28. The first-order chi connectivity index (χ1) is 5.70. The molecule has 12 heavy (non-hydrogen) atoms. The number of carbonyl (C=O) groups is 1. The van der Waals surface area contributed by atoms with E-state index in [-0.39, 0.29) is 5.97 Å². The number of ether oxygens (including phenoxy) is 1. The fourth-order valence-electron chi connectivity index (χ4n) is 0.639. The van der Waals surface area contributed by atoms with E-state index >= 15 is 0 Å². The van der Waals surface area contributed by atoms with Crippen LogP contribution in [0.1, 0.15) is 13.3 Å². The van der Waals surface area contributed by atoms with Gasteiger partial charge < -0.3 is 10.1 Å². The van der Waals surface area contributed by atoms with Crippen LogP contribution in [0.2, 0.25) is 0 Å². The van der Waals surface area contributed by atoms with Gasteiger partial charge in [0.2, 0.25) is 0 Å². The zero-order valence-electron chi connectivity index (χ0n) is 7.39. The van der Waals surface area contributed by atoms with E-state index in [4.69, 9.17) is 11.6 Å². The molecule has 0 saturated heterocycles. The summed E-state index contributed by atoms with van der Waals surface area (Å²) in [6.45, 7) is 2.59. The Morgan fingerprint density at radius 1 is 1.67 bits per heavy atom. The van der Waals surface area contributed by atoms with Crippen LogP contribution in [0.4, 0.5) is 0 Å². The second kappa shape index (κ2) is 6.98. The van der Waals surface area contributed by atoms with Crippen molar-refractivity contribution in [3.63, 3.8) is 0 Å². The standard InChI is InChI=1S/C8H14ClNO2/c1-7(6-8(11)12-2)10-5-3-4-9/h6,10H,3-5H2,1-2H3/b7-6-. The van der Waals surface area contributed by atoms with Crippen molar-refractivity contribution in [2.45, 2.75) is 13.3 Å². The lowest BCUT2D eigenvalue weighted by Crippen LogP contribution is -2.14. The molecule has 0 bridgehead atoms. The van der Waals surface area contributed by atoms with Crippen LogP contribution in [0.25, 0.3) is 0 Å². The van der Waals surface area contributed by atoms with Crippen LogP contribution in [0.5, 0.6) is 0 Å². The van der Waals surface area contributed by atoms with E-state index < -0.39 is 0 Å². The predicted molar refractivity (Wildman–Crippen MR) is 49.1 cm³/mol. The van der Waals surface area contributed by atoms with Gasteiger partial charge in [-0.3, -0.25) is 0 Å². The highest BCUT2D eigenvalue weighted by Gasteiger charge is 1.94. The van der Waals surface area contributed by atoms with Gasteiger partial charge in [-0.05, 0) is 13.3 Å². The second-order valence-corrected chi connectivity index (χ2v) is 2.70. The van der Waals surface area contributed by atoms with E-state index in [2.05, 4.69) is 10.1 Å². The number of hydrogen-bond acceptors (Lipinski definition) is 3. The first-order valence-corrected chi connectivity index (χ1v) is 4.30. The molecule has 0 unspecified atom stereocenters. The van der Waals surface area contributed by atoms with Crippen molar-refractivity contribution < 1.29 is 9.53 Å². The molecule has 70 valence electrons. The summed E-state index contributed by atoms with van der Waals surface area (Å²) < 4.78 is 4.45. The third-order valence-corrected chi connectivity index (χ3v) is 1.52. The highest BCUT2D eigenvalue weighted by atomic mass is 35.5. The maximum absolute atomic E-state index is 10.7. The third-order valence-electron chi connectivity index (χ3n) is 1.25. The molecule has 0 aliphatic heterocycles. The Balaban J connectivity index is 3.62. The van der Waals surface area contributed by atoms with Gasteiger partial charge in [0, 0.05) is 24.2 Å². The quantitative estimate of drug-likeness (QED) is 0.308. The van der Waals surface area contributed by atoms with Gasteiger partial charge in [0.1, 0.15) is 0 Å². The number of esters is 1. The van der Waals surface area contributed by atoms with E-state index in [1.165, 1.54) is 13.2 Å². The zero-order chi connectivity index (χ0) is 9.40. The van der Waals surface area contributed by atoms with Gasteiger partial charge in [-0.2, -0.15) is 0 Å². The lowest BCUT2D eigenvalue weighted by Gasteiger charge is -2.03. The SMILES string of the molecule is COC(=O)/C=C(/C)NCCCCl. The average molecular weight is 192 g/mol. The summed E-state index contributed by atoms with van der Waals surface area (Å²) in [4.78, 5) is 10.7. The van der Waals surface area contributed by atoms with Gasteiger partial charge in [-0.25, -0.2) is 4.79 Å². The molecule has 0 atom stereocenters. The van der Waals surface area contributed by atoms with Crippen molar-refractivity contribution in [3.05, 3.63) is 11.8 Å². The van der Waals surface area contributed by atoms with E-state index in [9.17, 15) is 4.79 Å². The Kier molecular flexibility index (Phi) is 6.57. The summed E-state index contributed by atoms with van der Waals surface area (Å²) in [7, 11) is 1.35. The van der Waals surface area contributed by atoms with Crippen molar-refractivity contribution in [3.8, 4) is 0 Å². The van der Waals surface area contributed by atoms with Gasteiger partial charge in [0.25, 0.3) is 0 Å². The Labute approximate surface area is 77.7 Å². The van der Waals surface area contributed by atoms with Gasteiger partial charge in [0.15, 0.2) is 0 Å². The molecule has 0 radical (unpaired) electrons. The molecule has 0 spiro atoms. The molecule has 0 rings (SSSR count). The summed E-state index contributed by atoms with van der Waals surface area (Å²) in [5.41, 5.74) is 0.798. The van der Waals surface area contributed by atoms with Gasteiger partial charge in [-0.15, -0.1) is 11.6 Å². The summed E-state index contributed by atoms with van der Waals surface area (Å²) in [5, 5.41) is 3.02. The maximum atomic E-state index is 10.7. The molecule has 0 aromatic rings. The lowest BCUT2D eigenvalue weighted by molar-refractivity contribution is -0.134. The smallest absolute Gasteiger partial charge is 0.332 e. The molecule has 4 heteroatoms. The Hall–Kier alpha value is -0.700. The average Bonchev–Trinajstić information content (AvgIpc) is 2.05. The van der Waals surface area contributed by atoms with Crippen LogP contribution in [-0.4, -0.2) is 25.5 Å². The van der Waals surface area contributed by atoms with Crippen molar-refractivity contribution in [1.29, 1.82) is 0 Å². The van der Waals surface area contributed by atoms with Crippen molar-refractivity contribution >= 4 is 17.6 Å². The summed E-state index contributed by atoms with van der Waals surface area (Å²) in [5.74, 6) is 0.282. The third kappa shape index (κ3) is 6.04. The highest BCUT2D eigenvalue weighted by molar-refractivity contribution is 6.17. The largest absolute Gasteiger partial charge is 0.466 e. The first-order valence-electron chi connectivity index (χ1n) is 3.76. The van der Waals surface area contributed by atoms with E-state index in [1.807, 2.05) is 6.92 Å². The molecule has 0 heterocycles. The number of methoxy groups -OCH3 is 1. The van der Waals surface area contributed by atoms with E-state index in [0.717, 1.165) is 18.7 Å². The van der Waals surface area contributed by atoms with E-state index in [0.29, 0.717) is 5.88 Å². The first kappa shape index (κ1) is 11.3. The summed E-state index contributed by atoms with van der Waals surface area (Å²) in [6.07, 6.45) is 2.29. The molecule has 3 nitrogen and oxygen atoms in total. The van der Waals surface area contributed by atoms with Crippen LogP contribution < -0.4 is 5.32 Å². The van der Waals surface area contributed by atoms with Crippen LogP contribution in [0.15, 0.2) is 11.8 Å². The van der Waals surface area contributed by atoms with Crippen molar-refractivity contribution in [2.75, 3.05) is 19.5 Å². The minimum absolute atomic E-state index is 0.342. The highest BCUT2D eigenvalue weighted by Crippen LogP contribution is 1.89. The molecule has 0 aliphatic carbocycles.